The summed E-state index contributed by atoms with van der Waals surface area (Å²) in [6.07, 6.45) is 0.209. The van der Waals surface area contributed by atoms with Crippen molar-refractivity contribution in [2.45, 2.75) is 20.0 Å². The number of hydrogen-bond acceptors (Lipinski definition) is 3. The smallest absolute Gasteiger partial charge is 0.127 e. The molecule has 0 aromatic carbocycles. The van der Waals surface area contributed by atoms with Crippen LogP contribution in [-0.2, 0) is 4.74 Å². The van der Waals surface area contributed by atoms with Crippen molar-refractivity contribution >= 4 is 21.7 Å². The van der Waals surface area contributed by atoms with E-state index < -0.39 is 0 Å². The molecule has 0 saturated carbocycles. The Morgan fingerprint density at radius 3 is 3.00 bits per heavy atom. The highest BCUT2D eigenvalue weighted by Gasteiger charge is 2.00. The summed E-state index contributed by atoms with van der Waals surface area (Å²) < 4.78 is 6.23. The highest BCUT2D eigenvalue weighted by atomic mass is 79.9. The van der Waals surface area contributed by atoms with E-state index in [-0.39, 0.29) is 6.10 Å². The summed E-state index contributed by atoms with van der Waals surface area (Å²) in [5.74, 6) is 0.867. The van der Waals surface area contributed by atoms with Crippen molar-refractivity contribution in [2.24, 2.45) is 0 Å². The van der Waals surface area contributed by atoms with Gasteiger partial charge in [0.15, 0.2) is 0 Å². The first-order valence-corrected chi connectivity index (χ1v) is 5.49. The number of rotatable bonds is 5. The van der Waals surface area contributed by atoms with E-state index in [1.807, 2.05) is 32.0 Å². The fourth-order valence-corrected chi connectivity index (χ4v) is 1.44. The summed E-state index contributed by atoms with van der Waals surface area (Å²) in [4.78, 5) is 4.26. The van der Waals surface area contributed by atoms with Crippen molar-refractivity contribution in [3.05, 3.63) is 22.8 Å². The number of hydrogen-bond donors (Lipinski definition) is 1. The zero-order valence-electron chi connectivity index (χ0n) is 8.46. The third kappa shape index (κ3) is 4.07. The maximum absolute atomic E-state index is 5.39. The van der Waals surface area contributed by atoms with E-state index >= 15 is 0 Å². The monoisotopic (exact) mass is 258 g/mol. The highest BCUT2D eigenvalue weighted by Crippen LogP contribution is 2.09. The lowest BCUT2D eigenvalue weighted by atomic mass is 10.4. The second-order valence-corrected chi connectivity index (χ2v) is 3.80. The number of ether oxygens (including phenoxy) is 1. The zero-order chi connectivity index (χ0) is 10.4. The van der Waals surface area contributed by atoms with Crippen LogP contribution in [0.2, 0.25) is 0 Å². The van der Waals surface area contributed by atoms with Gasteiger partial charge in [0.05, 0.1) is 6.10 Å². The van der Waals surface area contributed by atoms with Crippen LogP contribution in [0.5, 0.6) is 0 Å². The molecule has 1 unspecified atom stereocenters. The number of anilines is 1. The average Bonchev–Trinajstić information content (AvgIpc) is 2.15. The molecule has 0 radical (unpaired) electrons. The normalized spacial score (nSPS) is 12.5. The topological polar surface area (TPSA) is 34.1 Å². The Bertz CT molecular complexity index is 281. The van der Waals surface area contributed by atoms with Crippen LogP contribution < -0.4 is 5.32 Å². The zero-order valence-corrected chi connectivity index (χ0v) is 10.0. The van der Waals surface area contributed by atoms with Crippen molar-refractivity contribution in [2.75, 3.05) is 18.5 Å². The number of nitrogens with one attached hydrogen (secondary N) is 1. The number of aromatic nitrogens is 1. The van der Waals surface area contributed by atoms with Gasteiger partial charge in [-0.15, -0.1) is 0 Å². The quantitative estimate of drug-likeness (QED) is 0.825. The predicted molar refractivity (Wildman–Crippen MR) is 61.5 cm³/mol. The Kier molecular flexibility index (Phi) is 4.90. The van der Waals surface area contributed by atoms with Crippen molar-refractivity contribution < 1.29 is 4.74 Å². The fraction of sp³-hybridized carbons (Fsp3) is 0.500. The van der Waals surface area contributed by atoms with Gasteiger partial charge in [-0.05, 0) is 41.9 Å². The molecule has 3 nitrogen and oxygen atoms in total. The Labute approximate surface area is 93.0 Å². The second kappa shape index (κ2) is 5.98. The standard InChI is InChI=1S/C10H15BrN2O/c1-3-14-8(2)7-12-10-6-4-5-9(11)13-10/h4-6,8H,3,7H2,1-2H3,(H,12,13). The molecule has 1 heterocycles. The summed E-state index contributed by atoms with van der Waals surface area (Å²) >= 11 is 3.32. The molecule has 0 spiro atoms. The maximum atomic E-state index is 5.39. The largest absolute Gasteiger partial charge is 0.377 e. The highest BCUT2D eigenvalue weighted by molar-refractivity contribution is 9.10. The Morgan fingerprint density at radius 1 is 1.57 bits per heavy atom. The van der Waals surface area contributed by atoms with Gasteiger partial charge in [0.2, 0.25) is 0 Å². The van der Waals surface area contributed by atoms with Crippen molar-refractivity contribution in [3.8, 4) is 0 Å². The van der Waals surface area contributed by atoms with Crippen LogP contribution in [0, 0.1) is 0 Å². The number of pyridine rings is 1. The van der Waals surface area contributed by atoms with Crippen LogP contribution in [-0.4, -0.2) is 24.2 Å². The lowest BCUT2D eigenvalue weighted by Gasteiger charge is -2.12. The SMILES string of the molecule is CCOC(C)CNc1cccc(Br)n1. The van der Waals surface area contributed by atoms with E-state index in [4.69, 9.17) is 4.74 Å². The maximum Gasteiger partial charge on any atom is 0.127 e. The number of nitrogens with zero attached hydrogens (tertiary/aromatic N) is 1. The molecule has 1 rings (SSSR count). The summed E-state index contributed by atoms with van der Waals surface area (Å²) in [6, 6.07) is 5.78. The average molecular weight is 259 g/mol. The second-order valence-electron chi connectivity index (χ2n) is 2.99. The predicted octanol–water partition coefficient (Wildman–Crippen LogP) is 2.68. The van der Waals surface area contributed by atoms with Crippen LogP contribution >= 0.6 is 15.9 Å². The molecule has 0 saturated heterocycles. The van der Waals surface area contributed by atoms with E-state index in [1.165, 1.54) is 0 Å². The Balaban J connectivity index is 2.37. The molecule has 0 fully saturated rings. The molecule has 1 N–H and O–H groups in total. The van der Waals surface area contributed by atoms with Gasteiger partial charge in [0.1, 0.15) is 10.4 Å². The van der Waals surface area contributed by atoms with Crippen LogP contribution in [0.15, 0.2) is 22.8 Å². The molecule has 78 valence electrons. The van der Waals surface area contributed by atoms with Crippen LogP contribution in [0.4, 0.5) is 5.82 Å². The van der Waals surface area contributed by atoms with Crippen molar-refractivity contribution in [1.82, 2.24) is 4.98 Å². The third-order valence-corrected chi connectivity index (χ3v) is 2.18. The molecule has 1 atom stereocenters. The molecular formula is C10H15BrN2O. The molecule has 0 aliphatic heterocycles. The molecule has 1 aromatic rings. The van der Waals surface area contributed by atoms with Crippen LogP contribution in [0.25, 0.3) is 0 Å². The molecule has 1 aromatic heterocycles. The first-order valence-electron chi connectivity index (χ1n) is 4.70. The van der Waals surface area contributed by atoms with Gasteiger partial charge in [-0.25, -0.2) is 4.98 Å². The van der Waals surface area contributed by atoms with E-state index in [2.05, 4.69) is 26.2 Å². The summed E-state index contributed by atoms with van der Waals surface area (Å²) in [6.45, 7) is 5.55. The van der Waals surface area contributed by atoms with E-state index in [0.29, 0.717) is 0 Å². The van der Waals surface area contributed by atoms with Gasteiger partial charge < -0.3 is 10.1 Å². The minimum Gasteiger partial charge on any atom is -0.377 e. The third-order valence-electron chi connectivity index (χ3n) is 1.74. The molecule has 0 aliphatic rings. The lowest BCUT2D eigenvalue weighted by molar-refractivity contribution is 0.0855. The number of halogens is 1. The summed E-state index contributed by atoms with van der Waals surface area (Å²) in [5, 5.41) is 3.20. The minimum absolute atomic E-state index is 0.209. The van der Waals surface area contributed by atoms with Gasteiger partial charge >= 0.3 is 0 Å². The van der Waals surface area contributed by atoms with Crippen molar-refractivity contribution in [1.29, 1.82) is 0 Å². The van der Waals surface area contributed by atoms with Crippen LogP contribution in [0.3, 0.4) is 0 Å². The molecule has 14 heavy (non-hydrogen) atoms. The molecule has 0 bridgehead atoms. The van der Waals surface area contributed by atoms with Crippen molar-refractivity contribution in [3.63, 3.8) is 0 Å². The van der Waals surface area contributed by atoms with E-state index in [9.17, 15) is 0 Å². The first-order chi connectivity index (χ1) is 6.72. The summed E-state index contributed by atoms with van der Waals surface area (Å²) in [5.41, 5.74) is 0. The molecular weight excluding hydrogens is 244 g/mol. The van der Waals surface area contributed by atoms with Gasteiger partial charge in [0.25, 0.3) is 0 Å². The Morgan fingerprint density at radius 2 is 2.36 bits per heavy atom. The Hall–Kier alpha value is -0.610. The van der Waals surface area contributed by atoms with Gasteiger partial charge in [0, 0.05) is 13.2 Å². The lowest BCUT2D eigenvalue weighted by Crippen LogP contribution is -2.20. The molecule has 4 heteroatoms. The first kappa shape index (κ1) is 11.5. The van der Waals surface area contributed by atoms with Gasteiger partial charge in [-0.1, -0.05) is 6.07 Å². The van der Waals surface area contributed by atoms with Crippen LogP contribution in [0.1, 0.15) is 13.8 Å². The van der Waals surface area contributed by atoms with Gasteiger partial charge in [-0.2, -0.15) is 0 Å². The molecule has 0 amide bonds. The van der Waals surface area contributed by atoms with E-state index in [0.717, 1.165) is 23.6 Å². The minimum atomic E-state index is 0.209. The van der Waals surface area contributed by atoms with E-state index in [1.54, 1.807) is 0 Å². The fourth-order valence-electron chi connectivity index (χ4n) is 1.10. The van der Waals surface area contributed by atoms with Gasteiger partial charge in [-0.3, -0.25) is 0 Å². The summed E-state index contributed by atoms with van der Waals surface area (Å²) in [7, 11) is 0. The molecule has 0 aliphatic carbocycles.